The fraction of sp³-hybridized carbons (Fsp3) is 0.167. The van der Waals surface area contributed by atoms with Crippen LogP contribution in [0.15, 0.2) is 54.6 Å². The number of rotatable bonds is 8. The van der Waals surface area contributed by atoms with E-state index in [1.807, 2.05) is 18.2 Å². The lowest BCUT2D eigenvalue weighted by Crippen LogP contribution is -2.28. The van der Waals surface area contributed by atoms with Gasteiger partial charge in [0.05, 0.1) is 12.8 Å². The Balaban J connectivity index is 1.98. The van der Waals surface area contributed by atoms with Gasteiger partial charge in [-0.2, -0.15) is 5.26 Å². The van der Waals surface area contributed by atoms with Gasteiger partial charge in [-0.15, -0.1) is 0 Å². The minimum atomic E-state index is -1.46. The van der Waals surface area contributed by atoms with Crippen LogP contribution in [0.3, 0.4) is 0 Å². The van der Waals surface area contributed by atoms with Gasteiger partial charge in [-0.1, -0.05) is 24.3 Å². The van der Waals surface area contributed by atoms with Gasteiger partial charge in [-0.05, 0) is 42.3 Å². The highest BCUT2D eigenvalue weighted by atomic mass is 16.5. The number of nitrogens with one attached hydrogen (secondary N) is 1. The molecule has 0 fully saturated rings. The number of carbonyl (C=O) groups excluding carboxylic acids is 1. The molecule has 5 N–H and O–H groups in total. The van der Waals surface area contributed by atoms with Gasteiger partial charge in [0.2, 0.25) is 0 Å². The van der Waals surface area contributed by atoms with Crippen LogP contribution < -0.4 is 15.8 Å². The summed E-state index contributed by atoms with van der Waals surface area (Å²) in [6.45, 7) is 0. The van der Waals surface area contributed by atoms with Crippen molar-refractivity contribution in [3.63, 3.8) is 0 Å². The summed E-state index contributed by atoms with van der Waals surface area (Å²) in [7, 11) is 1.55. The number of methoxy groups -OCH3 is 1. The van der Waals surface area contributed by atoms with E-state index in [0.29, 0.717) is 33.8 Å². The molecular weight excluding hydrogens is 424 g/mol. The number of pyridine rings is 1. The van der Waals surface area contributed by atoms with E-state index in [-0.39, 0.29) is 24.2 Å². The van der Waals surface area contributed by atoms with Crippen LogP contribution in [0.2, 0.25) is 0 Å². The van der Waals surface area contributed by atoms with Gasteiger partial charge < -0.3 is 26.0 Å². The first kappa shape index (κ1) is 23.2. The maximum atomic E-state index is 12.2. The summed E-state index contributed by atoms with van der Waals surface area (Å²) >= 11 is 0. The summed E-state index contributed by atoms with van der Waals surface area (Å²) in [6.07, 6.45) is -2.00. The molecule has 0 bridgehead atoms. The Labute approximate surface area is 190 Å². The van der Waals surface area contributed by atoms with E-state index in [9.17, 15) is 20.0 Å². The number of para-hydroxylation sites is 1. The number of hydrogen-bond donors (Lipinski definition) is 4. The van der Waals surface area contributed by atoms with Crippen LogP contribution in [0, 0.1) is 11.3 Å². The Morgan fingerprint density at radius 3 is 2.64 bits per heavy atom. The highest BCUT2D eigenvalue weighted by Gasteiger charge is 2.18. The average Bonchev–Trinajstić information content (AvgIpc) is 2.82. The molecular formula is C24H22N4O5. The number of ether oxygens (including phenoxy) is 1. The molecule has 9 heteroatoms. The predicted octanol–water partition coefficient (Wildman–Crippen LogP) is 3.04. The van der Waals surface area contributed by atoms with Crippen LogP contribution in [0.4, 0.5) is 11.5 Å². The summed E-state index contributed by atoms with van der Waals surface area (Å²) in [5.74, 6) is -1.18. The van der Waals surface area contributed by atoms with Gasteiger partial charge in [0, 0.05) is 23.2 Å². The molecule has 0 aliphatic rings. The predicted molar refractivity (Wildman–Crippen MR) is 122 cm³/mol. The zero-order valence-corrected chi connectivity index (χ0v) is 17.8. The number of carboxylic acids is 1. The number of carboxylic acid groups (broad SMARTS) is 1. The van der Waals surface area contributed by atoms with Crippen LogP contribution in [-0.2, 0) is 9.59 Å². The molecule has 2 aromatic carbocycles. The van der Waals surface area contributed by atoms with Crippen molar-refractivity contribution in [1.82, 2.24) is 4.98 Å². The van der Waals surface area contributed by atoms with Crippen molar-refractivity contribution in [2.45, 2.75) is 18.9 Å². The van der Waals surface area contributed by atoms with Crippen molar-refractivity contribution in [3.05, 3.63) is 60.2 Å². The van der Waals surface area contributed by atoms with E-state index in [1.165, 1.54) is 0 Å². The highest BCUT2D eigenvalue weighted by molar-refractivity contribution is 5.95. The molecule has 3 rings (SSSR count). The van der Waals surface area contributed by atoms with Crippen molar-refractivity contribution in [2.75, 3.05) is 18.2 Å². The molecule has 0 spiro atoms. The van der Waals surface area contributed by atoms with Crippen LogP contribution in [0.5, 0.6) is 5.75 Å². The maximum absolute atomic E-state index is 12.2. The van der Waals surface area contributed by atoms with Crippen molar-refractivity contribution in [3.8, 4) is 34.2 Å². The van der Waals surface area contributed by atoms with Gasteiger partial charge >= 0.3 is 5.97 Å². The number of hydrogen-bond acceptors (Lipinski definition) is 7. The SMILES string of the molecule is COc1ccccc1-c1cc(-c2cccc(NC(=O)C(O)CCC(=O)O)c2)c(C#N)c(N)n1. The molecule has 0 radical (unpaired) electrons. The first-order valence-electron chi connectivity index (χ1n) is 9.99. The summed E-state index contributed by atoms with van der Waals surface area (Å²) in [5, 5.41) is 30.8. The fourth-order valence-electron chi connectivity index (χ4n) is 3.29. The lowest BCUT2D eigenvalue weighted by Gasteiger charge is -2.14. The molecule has 0 aliphatic heterocycles. The largest absolute Gasteiger partial charge is 0.496 e. The van der Waals surface area contributed by atoms with E-state index in [2.05, 4.69) is 16.4 Å². The smallest absolute Gasteiger partial charge is 0.303 e. The zero-order valence-electron chi connectivity index (χ0n) is 17.8. The minimum absolute atomic E-state index is 0.0504. The summed E-state index contributed by atoms with van der Waals surface area (Å²) in [4.78, 5) is 27.2. The lowest BCUT2D eigenvalue weighted by molar-refractivity contribution is -0.138. The van der Waals surface area contributed by atoms with E-state index in [0.717, 1.165) is 0 Å². The van der Waals surface area contributed by atoms with Crippen LogP contribution in [-0.4, -0.2) is 40.3 Å². The molecule has 1 heterocycles. The number of aliphatic hydroxyl groups is 1. The monoisotopic (exact) mass is 446 g/mol. The number of aromatic nitrogens is 1. The molecule has 0 saturated heterocycles. The quantitative estimate of drug-likeness (QED) is 0.411. The third kappa shape index (κ3) is 5.44. The van der Waals surface area contributed by atoms with E-state index in [1.54, 1.807) is 43.5 Å². The number of nitrogens with zero attached hydrogens (tertiary/aromatic N) is 2. The molecule has 33 heavy (non-hydrogen) atoms. The van der Waals surface area contributed by atoms with E-state index in [4.69, 9.17) is 15.6 Å². The second kappa shape index (κ2) is 10.3. The summed E-state index contributed by atoms with van der Waals surface area (Å²) < 4.78 is 5.41. The topological polar surface area (TPSA) is 159 Å². The van der Waals surface area contributed by atoms with Crippen molar-refractivity contribution in [1.29, 1.82) is 5.26 Å². The first-order valence-corrected chi connectivity index (χ1v) is 9.99. The number of nitrogen functional groups attached to an aromatic ring is 1. The number of amides is 1. The number of anilines is 2. The highest BCUT2D eigenvalue weighted by Crippen LogP contribution is 2.35. The van der Waals surface area contributed by atoms with Crippen LogP contribution in [0.25, 0.3) is 22.4 Å². The lowest BCUT2D eigenvalue weighted by atomic mass is 9.97. The number of benzene rings is 2. The third-order valence-corrected chi connectivity index (χ3v) is 4.92. The minimum Gasteiger partial charge on any atom is -0.496 e. The Kier molecular flexibility index (Phi) is 7.23. The Hall–Kier alpha value is -4.42. The van der Waals surface area contributed by atoms with Crippen molar-refractivity contribution < 1.29 is 24.5 Å². The first-order chi connectivity index (χ1) is 15.8. The van der Waals surface area contributed by atoms with Gasteiger partial charge in [0.15, 0.2) is 0 Å². The maximum Gasteiger partial charge on any atom is 0.303 e. The average molecular weight is 446 g/mol. The molecule has 0 saturated carbocycles. The number of aliphatic hydroxyl groups excluding tert-OH is 1. The normalized spacial score (nSPS) is 11.3. The Morgan fingerprint density at radius 2 is 1.94 bits per heavy atom. The molecule has 1 aromatic heterocycles. The van der Waals surface area contributed by atoms with Crippen molar-refractivity contribution >= 4 is 23.4 Å². The van der Waals surface area contributed by atoms with E-state index >= 15 is 0 Å². The standard InChI is InChI=1S/C24H22N4O5/c1-33-21-8-3-2-7-16(21)19-12-17(18(13-25)23(26)28-19)14-5-4-6-15(11-14)27-24(32)20(29)9-10-22(30)31/h2-8,11-12,20,29H,9-10H2,1H3,(H2,26,28)(H,27,32)(H,30,31). The summed E-state index contributed by atoms with van der Waals surface area (Å²) in [6, 6.07) is 17.7. The second-order valence-corrected chi connectivity index (χ2v) is 7.15. The summed E-state index contributed by atoms with van der Waals surface area (Å²) in [5.41, 5.74) is 8.94. The molecule has 3 aromatic rings. The molecule has 1 atom stereocenters. The third-order valence-electron chi connectivity index (χ3n) is 4.92. The number of aliphatic carboxylic acids is 1. The number of nitrogens with two attached hydrogens (primary N) is 1. The fourth-order valence-corrected chi connectivity index (χ4v) is 3.29. The van der Waals surface area contributed by atoms with Crippen LogP contribution in [0.1, 0.15) is 18.4 Å². The van der Waals surface area contributed by atoms with Gasteiger partial charge in [0.25, 0.3) is 5.91 Å². The number of carbonyl (C=O) groups is 2. The molecule has 9 nitrogen and oxygen atoms in total. The van der Waals surface area contributed by atoms with Gasteiger partial charge in [-0.25, -0.2) is 4.98 Å². The number of nitriles is 1. The Bertz CT molecular complexity index is 1240. The van der Waals surface area contributed by atoms with Gasteiger partial charge in [-0.3, -0.25) is 9.59 Å². The molecule has 1 unspecified atom stereocenters. The van der Waals surface area contributed by atoms with Gasteiger partial charge in [0.1, 0.15) is 29.3 Å². The molecule has 168 valence electrons. The molecule has 0 aliphatic carbocycles. The van der Waals surface area contributed by atoms with Crippen molar-refractivity contribution in [2.24, 2.45) is 0 Å². The Morgan fingerprint density at radius 1 is 1.18 bits per heavy atom. The molecule has 1 amide bonds. The van der Waals surface area contributed by atoms with E-state index < -0.39 is 18.0 Å². The second-order valence-electron chi connectivity index (χ2n) is 7.15. The zero-order chi connectivity index (χ0) is 24.0. The van der Waals surface area contributed by atoms with Crippen LogP contribution >= 0.6 is 0 Å².